The Labute approximate surface area is 83.1 Å². The molecule has 0 unspecified atom stereocenters. The smallest absolute Gasteiger partial charge is 0.216 e. The number of halogens is 1. The second-order valence-corrected chi connectivity index (χ2v) is 4.39. The number of hydrogen-bond acceptors (Lipinski definition) is 3. The summed E-state index contributed by atoms with van der Waals surface area (Å²) < 4.78 is 18.1. The number of hydrogen-bond donors (Lipinski definition) is 1. The average Bonchev–Trinajstić information content (AvgIpc) is 2.05. The monoisotopic (exact) mass is 198 g/mol. The normalized spacial score (nSPS) is 11.4. The van der Waals surface area contributed by atoms with Crippen molar-refractivity contribution in [2.45, 2.75) is 20.8 Å². The van der Waals surface area contributed by atoms with E-state index in [0.29, 0.717) is 18.0 Å². The topological polar surface area (TPSA) is 48.1 Å². The van der Waals surface area contributed by atoms with Crippen molar-refractivity contribution in [3.63, 3.8) is 0 Å². The lowest BCUT2D eigenvalue weighted by Crippen LogP contribution is -2.17. The van der Waals surface area contributed by atoms with Gasteiger partial charge in [-0.05, 0) is 5.41 Å². The summed E-state index contributed by atoms with van der Waals surface area (Å²) in [7, 11) is 0. The minimum Gasteiger partial charge on any atom is -0.491 e. The van der Waals surface area contributed by atoms with E-state index in [1.807, 2.05) is 20.8 Å². The zero-order valence-corrected chi connectivity index (χ0v) is 8.67. The summed E-state index contributed by atoms with van der Waals surface area (Å²) in [6, 6.07) is 1.20. The molecule has 0 aliphatic carbocycles. The van der Waals surface area contributed by atoms with Crippen LogP contribution in [0.4, 0.5) is 10.1 Å². The number of nitrogen functional groups attached to an aromatic ring is 1. The van der Waals surface area contributed by atoms with Crippen LogP contribution in [0, 0.1) is 11.4 Å². The molecule has 0 fully saturated rings. The fourth-order valence-corrected chi connectivity index (χ4v) is 0.843. The van der Waals surface area contributed by atoms with Crippen LogP contribution in [0.2, 0.25) is 0 Å². The lowest BCUT2D eigenvalue weighted by Gasteiger charge is -2.19. The van der Waals surface area contributed by atoms with Crippen LogP contribution in [0.25, 0.3) is 0 Å². The Morgan fingerprint density at radius 2 is 2.14 bits per heavy atom. The Bertz CT molecular complexity index is 320. The van der Waals surface area contributed by atoms with E-state index in [-0.39, 0.29) is 5.41 Å². The molecule has 78 valence electrons. The van der Waals surface area contributed by atoms with E-state index in [1.165, 1.54) is 12.3 Å². The van der Waals surface area contributed by atoms with Crippen molar-refractivity contribution in [3.05, 3.63) is 18.2 Å². The Balaban J connectivity index is 2.72. The molecular formula is C10H15FN2O. The molecule has 2 N–H and O–H groups in total. The molecular weight excluding hydrogens is 183 g/mol. The zero-order chi connectivity index (χ0) is 10.8. The van der Waals surface area contributed by atoms with Crippen LogP contribution in [-0.4, -0.2) is 11.6 Å². The van der Waals surface area contributed by atoms with Gasteiger partial charge in [0.2, 0.25) is 5.95 Å². The third-order valence-electron chi connectivity index (χ3n) is 1.52. The summed E-state index contributed by atoms with van der Waals surface area (Å²) in [4.78, 5) is 3.41. The number of pyridine rings is 1. The fraction of sp³-hybridized carbons (Fsp3) is 0.500. The van der Waals surface area contributed by atoms with Gasteiger partial charge in [0, 0.05) is 6.07 Å². The molecule has 0 saturated heterocycles. The highest BCUT2D eigenvalue weighted by molar-refractivity contribution is 5.49. The molecule has 0 aromatic carbocycles. The molecule has 14 heavy (non-hydrogen) atoms. The van der Waals surface area contributed by atoms with Crippen molar-refractivity contribution >= 4 is 5.69 Å². The van der Waals surface area contributed by atoms with Gasteiger partial charge in [-0.2, -0.15) is 4.39 Å². The van der Waals surface area contributed by atoms with Gasteiger partial charge in [0.15, 0.2) is 0 Å². The molecule has 0 bridgehead atoms. The molecule has 1 aromatic heterocycles. The average molecular weight is 198 g/mol. The molecule has 3 nitrogen and oxygen atoms in total. The summed E-state index contributed by atoms with van der Waals surface area (Å²) in [5.41, 5.74) is 5.94. The highest BCUT2D eigenvalue weighted by Crippen LogP contribution is 2.23. The molecule has 0 aliphatic rings. The molecule has 0 radical (unpaired) electrons. The number of anilines is 1. The van der Waals surface area contributed by atoms with Crippen molar-refractivity contribution in [2.75, 3.05) is 12.3 Å². The zero-order valence-electron chi connectivity index (χ0n) is 8.67. The van der Waals surface area contributed by atoms with Crippen LogP contribution in [0.15, 0.2) is 12.3 Å². The Kier molecular flexibility index (Phi) is 2.93. The lowest BCUT2D eigenvalue weighted by atomic mass is 9.99. The third kappa shape index (κ3) is 3.20. The summed E-state index contributed by atoms with van der Waals surface area (Å²) in [6.45, 7) is 6.57. The first-order valence-electron chi connectivity index (χ1n) is 4.42. The van der Waals surface area contributed by atoms with E-state index in [1.54, 1.807) is 0 Å². The van der Waals surface area contributed by atoms with Crippen LogP contribution in [0.3, 0.4) is 0 Å². The molecule has 0 atom stereocenters. The summed E-state index contributed by atoms with van der Waals surface area (Å²) in [6.07, 6.45) is 1.26. The van der Waals surface area contributed by atoms with Crippen molar-refractivity contribution < 1.29 is 9.13 Å². The summed E-state index contributed by atoms with van der Waals surface area (Å²) in [5, 5.41) is 0. The van der Waals surface area contributed by atoms with Crippen molar-refractivity contribution in [1.29, 1.82) is 0 Å². The molecule has 0 spiro atoms. The minimum absolute atomic E-state index is 0.0200. The van der Waals surface area contributed by atoms with E-state index in [9.17, 15) is 4.39 Å². The van der Waals surface area contributed by atoms with Gasteiger partial charge in [-0.3, -0.25) is 0 Å². The minimum atomic E-state index is -0.580. The van der Waals surface area contributed by atoms with Gasteiger partial charge in [0.1, 0.15) is 5.75 Å². The standard InChI is InChI=1S/C10H15FN2O/c1-10(2,3)6-14-8-4-9(11)13-5-7(8)12/h4-5H,6,12H2,1-3H3. The Morgan fingerprint density at radius 3 is 2.71 bits per heavy atom. The predicted molar refractivity (Wildman–Crippen MR) is 53.6 cm³/mol. The molecule has 1 aromatic rings. The number of rotatable bonds is 2. The van der Waals surface area contributed by atoms with E-state index >= 15 is 0 Å². The van der Waals surface area contributed by atoms with Crippen LogP contribution < -0.4 is 10.5 Å². The highest BCUT2D eigenvalue weighted by atomic mass is 19.1. The van der Waals surface area contributed by atoms with Gasteiger partial charge in [0.05, 0.1) is 18.5 Å². The van der Waals surface area contributed by atoms with Crippen LogP contribution in [0.5, 0.6) is 5.75 Å². The van der Waals surface area contributed by atoms with Gasteiger partial charge < -0.3 is 10.5 Å². The molecule has 1 rings (SSSR count). The highest BCUT2D eigenvalue weighted by Gasteiger charge is 2.12. The summed E-state index contributed by atoms with van der Waals surface area (Å²) >= 11 is 0. The predicted octanol–water partition coefficient (Wildman–Crippen LogP) is 2.23. The van der Waals surface area contributed by atoms with Crippen LogP contribution in [-0.2, 0) is 0 Å². The van der Waals surface area contributed by atoms with Crippen LogP contribution in [0.1, 0.15) is 20.8 Å². The maximum atomic E-state index is 12.7. The second kappa shape index (κ2) is 3.82. The molecule has 4 heteroatoms. The van der Waals surface area contributed by atoms with Gasteiger partial charge in [0.25, 0.3) is 0 Å². The SMILES string of the molecule is CC(C)(C)COc1cc(F)ncc1N. The molecule has 0 aliphatic heterocycles. The van der Waals surface area contributed by atoms with Gasteiger partial charge >= 0.3 is 0 Å². The quantitative estimate of drug-likeness (QED) is 0.741. The number of ether oxygens (including phenoxy) is 1. The first kappa shape index (κ1) is 10.8. The molecule has 0 amide bonds. The van der Waals surface area contributed by atoms with Crippen molar-refractivity contribution in [3.8, 4) is 5.75 Å². The number of nitrogens with zero attached hydrogens (tertiary/aromatic N) is 1. The maximum Gasteiger partial charge on any atom is 0.216 e. The molecule has 0 saturated carbocycles. The van der Waals surface area contributed by atoms with Crippen molar-refractivity contribution in [1.82, 2.24) is 4.98 Å². The van der Waals surface area contributed by atoms with Crippen molar-refractivity contribution in [2.24, 2.45) is 5.41 Å². The number of aromatic nitrogens is 1. The van der Waals surface area contributed by atoms with Gasteiger partial charge in [-0.25, -0.2) is 4.98 Å². The van der Waals surface area contributed by atoms with E-state index in [4.69, 9.17) is 10.5 Å². The second-order valence-electron chi connectivity index (χ2n) is 4.39. The Hall–Kier alpha value is -1.32. The molecule has 1 heterocycles. The van der Waals surface area contributed by atoms with E-state index in [0.717, 1.165) is 0 Å². The third-order valence-corrected chi connectivity index (χ3v) is 1.52. The summed E-state index contributed by atoms with van der Waals surface area (Å²) in [5.74, 6) is -0.226. The van der Waals surface area contributed by atoms with E-state index < -0.39 is 5.95 Å². The van der Waals surface area contributed by atoms with Gasteiger partial charge in [-0.1, -0.05) is 20.8 Å². The first-order chi connectivity index (χ1) is 6.38. The van der Waals surface area contributed by atoms with Gasteiger partial charge in [-0.15, -0.1) is 0 Å². The fourth-order valence-electron chi connectivity index (χ4n) is 0.843. The number of nitrogens with two attached hydrogens (primary N) is 1. The first-order valence-corrected chi connectivity index (χ1v) is 4.42. The maximum absolute atomic E-state index is 12.7. The largest absolute Gasteiger partial charge is 0.491 e. The lowest BCUT2D eigenvalue weighted by molar-refractivity contribution is 0.198. The Morgan fingerprint density at radius 1 is 1.50 bits per heavy atom. The van der Waals surface area contributed by atoms with E-state index in [2.05, 4.69) is 4.98 Å². The van der Waals surface area contributed by atoms with Crippen LogP contribution >= 0.6 is 0 Å².